The van der Waals surface area contributed by atoms with E-state index in [0.717, 1.165) is 10.0 Å². The van der Waals surface area contributed by atoms with E-state index in [1.54, 1.807) is 0 Å². The van der Waals surface area contributed by atoms with Gasteiger partial charge in [0, 0.05) is 17.5 Å². The predicted octanol–water partition coefficient (Wildman–Crippen LogP) is 2.11. The van der Waals surface area contributed by atoms with Gasteiger partial charge in [0.1, 0.15) is 11.6 Å². The molecule has 0 unspecified atom stereocenters. The number of ether oxygens (including phenoxy) is 1. The predicted molar refractivity (Wildman–Crippen MR) is 69.3 cm³/mol. The Kier molecular flexibility index (Phi) is 4.55. The molecule has 0 spiro atoms. The fraction of sp³-hybridized carbons (Fsp3) is 0.364. The van der Waals surface area contributed by atoms with Crippen molar-refractivity contribution in [1.29, 1.82) is 0 Å². The minimum Gasteiger partial charge on any atom is -0.480 e. The van der Waals surface area contributed by atoms with Crippen LogP contribution < -0.4 is 5.73 Å². The lowest BCUT2D eigenvalue weighted by Crippen LogP contribution is -2.50. The van der Waals surface area contributed by atoms with Crippen molar-refractivity contribution in [2.75, 3.05) is 6.61 Å². The average molecular weight is 323 g/mol. The van der Waals surface area contributed by atoms with E-state index >= 15 is 0 Å². The van der Waals surface area contributed by atoms with Crippen molar-refractivity contribution in [1.82, 2.24) is 0 Å². The minimum absolute atomic E-state index is 0. The summed E-state index contributed by atoms with van der Waals surface area (Å²) in [7, 11) is 0. The van der Waals surface area contributed by atoms with E-state index in [-0.39, 0.29) is 12.4 Å². The summed E-state index contributed by atoms with van der Waals surface area (Å²) in [5.74, 6) is -1.02. The molecule has 0 aliphatic carbocycles. The van der Waals surface area contributed by atoms with Crippen LogP contribution in [-0.2, 0) is 9.53 Å². The van der Waals surface area contributed by atoms with Crippen LogP contribution in [0.15, 0.2) is 28.7 Å². The molecule has 0 bridgehead atoms. The zero-order valence-corrected chi connectivity index (χ0v) is 11.3. The number of halogens is 2. The maximum atomic E-state index is 11.2. The van der Waals surface area contributed by atoms with Gasteiger partial charge in [-0.25, -0.2) is 0 Å². The molecule has 0 aromatic heterocycles. The molecule has 1 aromatic rings. The van der Waals surface area contributed by atoms with Gasteiger partial charge in [0.05, 0.1) is 0 Å². The van der Waals surface area contributed by atoms with Gasteiger partial charge in [-0.2, -0.15) is 0 Å². The second kappa shape index (κ2) is 5.35. The molecule has 1 aliphatic heterocycles. The lowest BCUT2D eigenvalue weighted by Gasteiger charge is -2.25. The van der Waals surface area contributed by atoms with Crippen LogP contribution in [0.2, 0.25) is 0 Å². The van der Waals surface area contributed by atoms with Crippen molar-refractivity contribution in [2.24, 2.45) is 5.73 Å². The highest BCUT2D eigenvalue weighted by molar-refractivity contribution is 9.10. The number of carboxylic acids is 1. The SMILES string of the molecule is Cl.N[C@@]1(C(=O)O)CCO[C@@H]1c1ccc(Br)cc1. The second-order valence-electron chi connectivity index (χ2n) is 3.90. The van der Waals surface area contributed by atoms with Gasteiger partial charge in [-0.1, -0.05) is 28.1 Å². The molecule has 4 nitrogen and oxygen atoms in total. The van der Waals surface area contributed by atoms with E-state index in [1.165, 1.54) is 0 Å². The van der Waals surface area contributed by atoms with Gasteiger partial charge in [0.25, 0.3) is 0 Å². The van der Waals surface area contributed by atoms with Crippen molar-refractivity contribution < 1.29 is 14.6 Å². The van der Waals surface area contributed by atoms with E-state index in [0.29, 0.717) is 13.0 Å². The number of carbonyl (C=O) groups is 1. The van der Waals surface area contributed by atoms with E-state index in [2.05, 4.69) is 15.9 Å². The first-order valence-electron chi connectivity index (χ1n) is 4.93. The number of aliphatic carboxylic acids is 1. The molecule has 0 radical (unpaired) electrons. The van der Waals surface area contributed by atoms with Gasteiger partial charge < -0.3 is 15.6 Å². The number of nitrogens with two attached hydrogens (primary N) is 1. The molecule has 1 heterocycles. The zero-order valence-electron chi connectivity index (χ0n) is 8.93. The highest BCUT2D eigenvalue weighted by atomic mass is 79.9. The van der Waals surface area contributed by atoms with Crippen LogP contribution in [0.1, 0.15) is 18.1 Å². The molecular weight excluding hydrogens is 309 g/mol. The highest BCUT2D eigenvalue weighted by Crippen LogP contribution is 2.36. The van der Waals surface area contributed by atoms with Crippen molar-refractivity contribution in [3.63, 3.8) is 0 Å². The van der Waals surface area contributed by atoms with Crippen LogP contribution in [-0.4, -0.2) is 23.2 Å². The minimum atomic E-state index is -1.31. The Bertz CT molecular complexity index is 412. The van der Waals surface area contributed by atoms with E-state index in [9.17, 15) is 4.79 Å². The van der Waals surface area contributed by atoms with Crippen LogP contribution in [0.3, 0.4) is 0 Å². The van der Waals surface area contributed by atoms with E-state index < -0.39 is 17.6 Å². The Hall–Kier alpha value is -0.620. The number of carboxylic acid groups (broad SMARTS) is 1. The number of hydrogen-bond acceptors (Lipinski definition) is 3. The normalized spacial score (nSPS) is 27.5. The topological polar surface area (TPSA) is 72.6 Å². The number of hydrogen-bond donors (Lipinski definition) is 2. The first-order valence-corrected chi connectivity index (χ1v) is 5.73. The molecular formula is C11H13BrClNO3. The van der Waals surface area contributed by atoms with Crippen molar-refractivity contribution in [3.8, 4) is 0 Å². The Morgan fingerprint density at radius 2 is 2.06 bits per heavy atom. The smallest absolute Gasteiger partial charge is 0.326 e. The molecule has 0 saturated carbocycles. The third kappa shape index (κ3) is 2.63. The lowest BCUT2D eigenvalue weighted by atomic mass is 9.88. The quantitative estimate of drug-likeness (QED) is 0.875. The summed E-state index contributed by atoms with van der Waals surface area (Å²) in [5, 5.41) is 9.14. The van der Waals surface area contributed by atoms with Gasteiger partial charge in [-0.05, 0) is 17.7 Å². The second-order valence-corrected chi connectivity index (χ2v) is 4.81. The summed E-state index contributed by atoms with van der Waals surface area (Å²) in [5.41, 5.74) is 5.37. The molecule has 2 atom stereocenters. The summed E-state index contributed by atoms with van der Waals surface area (Å²) in [6, 6.07) is 7.34. The molecule has 1 saturated heterocycles. The van der Waals surface area contributed by atoms with Gasteiger partial charge in [-0.15, -0.1) is 12.4 Å². The highest BCUT2D eigenvalue weighted by Gasteiger charge is 2.48. The molecule has 2 rings (SSSR count). The lowest BCUT2D eigenvalue weighted by molar-refractivity contribution is -0.145. The fourth-order valence-corrected chi connectivity index (χ4v) is 2.14. The van der Waals surface area contributed by atoms with Crippen molar-refractivity contribution in [3.05, 3.63) is 34.3 Å². The molecule has 6 heteroatoms. The first kappa shape index (κ1) is 14.4. The summed E-state index contributed by atoms with van der Waals surface area (Å²) in [6.07, 6.45) is -0.235. The molecule has 3 N–H and O–H groups in total. The summed E-state index contributed by atoms with van der Waals surface area (Å²) in [4.78, 5) is 11.2. The summed E-state index contributed by atoms with van der Waals surface area (Å²) >= 11 is 3.32. The van der Waals surface area contributed by atoms with Crippen LogP contribution >= 0.6 is 28.3 Å². The number of benzene rings is 1. The molecule has 94 valence electrons. The number of rotatable bonds is 2. The zero-order chi connectivity index (χ0) is 11.8. The first-order chi connectivity index (χ1) is 7.54. The molecule has 17 heavy (non-hydrogen) atoms. The Morgan fingerprint density at radius 3 is 2.59 bits per heavy atom. The maximum Gasteiger partial charge on any atom is 0.326 e. The third-order valence-electron chi connectivity index (χ3n) is 2.84. The van der Waals surface area contributed by atoms with Crippen molar-refractivity contribution >= 4 is 34.3 Å². The summed E-state index contributed by atoms with van der Waals surface area (Å²) < 4.78 is 6.37. The Morgan fingerprint density at radius 1 is 1.47 bits per heavy atom. The standard InChI is InChI=1S/C11H12BrNO3.ClH/c12-8-3-1-7(2-4-8)9-11(13,10(14)15)5-6-16-9;/h1-4,9H,5-6,13H2,(H,14,15);1H/t9-,11+;/m1./s1. The summed E-state index contributed by atoms with van der Waals surface area (Å²) in [6.45, 7) is 0.379. The average Bonchev–Trinajstić information content (AvgIpc) is 2.63. The van der Waals surface area contributed by atoms with Gasteiger partial charge in [0.2, 0.25) is 0 Å². The van der Waals surface area contributed by atoms with Crippen LogP contribution in [0.5, 0.6) is 0 Å². The van der Waals surface area contributed by atoms with E-state index in [1.807, 2.05) is 24.3 Å². The van der Waals surface area contributed by atoms with E-state index in [4.69, 9.17) is 15.6 Å². The monoisotopic (exact) mass is 321 g/mol. The van der Waals surface area contributed by atoms with Crippen LogP contribution in [0.4, 0.5) is 0 Å². The van der Waals surface area contributed by atoms with Gasteiger partial charge >= 0.3 is 5.97 Å². The fourth-order valence-electron chi connectivity index (χ4n) is 1.88. The molecule has 1 fully saturated rings. The van der Waals surface area contributed by atoms with Crippen LogP contribution in [0, 0.1) is 0 Å². The van der Waals surface area contributed by atoms with Crippen molar-refractivity contribution in [2.45, 2.75) is 18.1 Å². The largest absolute Gasteiger partial charge is 0.480 e. The van der Waals surface area contributed by atoms with Crippen LogP contribution in [0.25, 0.3) is 0 Å². The molecule has 0 amide bonds. The van der Waals surface area contributed by atoms with Gasteiger partial charge in [0.15, 0.2) is 0 Å². The molecule has 1 aromatic carbocycles. The maximum absolute atomic E-state index is 11.2. The third-order valence-corrected chi connectivity index (χ3v) is 3.37. The molecule has 1 aliphatic rings. The Balaban J connectivity index is 0.00000144. The van der Waals surface area contributed by atoms with Gasteiger partial charge in [-0.3, -0.25) is 4.79 Å². The Labute approximate surface area is 114 Å².